The Kier molecular flexibility index (Phi) is 14.8. The summed E-state index contributed by atoms with van der Waals surface area (Å²) in [7, 11) is 5.95. The molecule has 0 aliphatic carbocycles. The van der Waals surface area contributed by atoms with Crippen LogP contribution in [0.25, 0.3) is 0 Å². The van der Waals surface area contributed by atoms with E-state index in [9.17, 15) is 35.1 Å². The molecule has 33 heavy (non-hydrogen) atoms. The zero-order valence-corrected chi connectivity index (χ0v) is 18.9. The summed E-state index contributed by atoms with van der Waals surface area (Å²) in [5, 5.41) is 14.2. The number of nitrogens with zero attached hydrogens (tertiary/aromatic N) is 2. The molecule has 1 aromatic carbocycles. The van der Waals surface area contributed by atoms with Crippen molar-refractivity contribution in [3.05, 3.63) is 28.2 Å². The predicted octanol–water partition coefficient (Wildman–Crippen LogP) is 4.31. The maximum Gasteiger partial charge on any atom is 0.490 e. The van der Waals surface area contributed by atoms with E-state index in [0.29, 0.717) is 6.54 Å². The first-order valence-corrected chi connectivity index (χ1v) is 9.23. The minimum absolute atomic E-state index is 0.231. The molecule has 0 radical (unpaired) electrons. The molecule has 0 saturated heterocycles. The quantitative estimate of drug-likeness (QED) is 0.477. The topological polar surface area (TPSA) is 90.3 Å². The van der Waals surface area contributed by atoms with Crippen LogP contribution in [0.3, 0.4) is 0 Å². The molecule has 0 aromatic heterocycles. The monoisotopic (exact) mass is 564 g/mol. The van der Waals surface area contributed by atoms with Crippen molar-refractivity contribution in [2.24, 2.45) is 0 Å². The first-order valence-electron chi connectivity index (χ1n) is 8.44. The van der Waals surface area contributed by atoms with Crippen LogP contribution < -0.4 is 4.74 Å². The summed E-state index contributed by atoms with van der Waals surface area (Å²) < 4.78 is 93.5. The third-order valence-corrected chi connectivity index (χ3v) is 3.59. The fraction of sp³-hybridized carbons (Fsp3) is 0.529. The molecule has 0 spiro atoms. The van der Waals surface area contributed by atoms with Gasteiger partial charge in [-0.05, 0) is 39.3 Å². The average molecular weight is 565 g/mol. The van der Waals surface area contributed by atoms with Crippen molar-refractivity contribution in [2.75, 3.05) is 34.2 Å². The Balaban J connectivity index is 0. The Morgan fingerprint density at radius 2 is 1.39 bits per heavy atom. The van der Waals surface area contributed by atoms with Crippen LogP contribution in [-0.4, -0.2) is 85.1 Å². The lowest BCUT2D eigenvalue weighted by Gasteiger charge is -2.21. The zero-order chi connectivity index (χ0) is 26.6. The highest BCUT2D eigenvalue weighted by atomic mass is 79.9. The molecule has 0 bridgehead atoms. The Morgan fingerprint density at radius 3 is 1.73 bits per heavy atom. The molecule has 7 nitrogen and oxygen atoms in total. The van der Waals surface area contributed by atoms with Gasteiger partial charge in [0.15, 0.2) is 0 Å². The summed E-state index contributed by atoms with van der Waals surface area (Å²) >= 11 is 3.34. The molecular formula is C17H21BrF8N2O5. The van der Waals surface area contributed by atoms with E-state index in [0.717, 1.165) is 23.1 Å². The number of benzene rings is 1. The van der Waals surface area contributed by atoms with Crippen molar-refractivity contribution in [1.29, 1.82) is 0 Å². The summed E-state index contributed by atoms with van der Waals surface area (Å²) in [6.45, 7) is -0.467. The van der Waals surface area contributed by atoms with E-state index in [-0.39, 0.29) is 5.75 Å². The van der Waals surface area contributed by atoms with Gasteiger partial charge in [-0.25, -0.2) is 9.59 Å². The molecule has 0 saturated carbocycles. The third-order valence-electron chi connectivity index (χ3n) is 3.09. The van der Waals surface area contributed by atoms with Crippen LogP contribution in [0.15, 0.2) is 22.7 Å². The summed E-state index contributed by atoms with van der Waals surface area (Å²) in [6.07, 6.45) is -10.2. The highest BCUT2D eigenvalue weighted by molar-refractivity contribution is 9.10. The number of carbonyl (C=O) groups is 2. The maximum absolute atomic E-state index is 12.3. The van der Waals surface area contributed by atoms with Crippen LogP contribution >= 0.6 is 15.9 Å². The van der Waals surface area contributed by atoms with Gasteiger partial charge in [0.05, 0.1) is 0 Å². The molecule has 0 atom stereocenters. The van der Waals surface area contributed by atoms with Gasteiger partial charge < -0.3 is 24.7 Å². The number of hydrogen-bond acceptors (Lipinski definition) is 5. The molecule has 0 aliphatic heterocycles. The Bertz CT molecular complexity index is 721. The first kappa shape index (κ1) is 33.0. The van der Waals surface area contributed by atoms with Gasteiger partial charge in [0.2, 0.25) is 0 Å². The van der Waals surface area contributed by atoms with E-state index >= 15 is 0 Å². The lowest BCUT2D eigenvalue weighted by Crippen LogP contribution is -2.28. The lowest BCUT2D eigenvalue weighted by atomic mass is 10.2. The van der Waals surface area contributed by atoms with Crippen LogP contribution in [0.4, 0.5) is 35.1 Å². The summed E-state index contributed by atoms with van der Waals surface area (Å²) in [6, 6.07) is 5.07. The number of ether oxygens (including phenoxy) is 1. The van der Waals surface area contributed by atoms with Gasteiger partial charge in [-0.3, -0.25) is 0 Å². The number of likely N-dealkylation sites (N-methyl/N-ethyl adjacent to an activating group) is 2. The molecule has 0 heterocycles. The van der Waals surface area contributed by atoms with E-state index in [1.807, 2.05) is 27.2 Å². The minimum Gasteiger partial charge on any atom is -0.475 e. The maximum atomic E-state index is 12.3. The van der Waals surface area contributed by atoms with Crippen molar-refractivity contribution in [2.45, 2.75) is 25.5 Å². The Labute approximate surface area is 191 Å². The number of halogens is 9. The second-order valence-electron chi connectivity index (χ2n) is 6.28. The smallest absolute Gasteiger partial charge is 0.475 e. The fourth-order valence-corrected chi connectivity index (χ4v) is 2.03. The fourth-order valence-electron chi connectivity index (χ4n) is 1.62. The SMILES string of the molecule is CN(C)CCN(C)Cc1cc(Br)ccc1OC(F)F.O=C(O)C(F)(F)F.O=C(O)C(F)(F)F. The normalized spacial score (nSPS) is 11.5. The van der Waals surface area contributed by atoms with Crippen LogP contribution in [-0.2, 0) is 16.1 Å². The molecule has 192 valence electrons. The van der Waals surface area contributed by atoms with Crippen molar-refractivity contribution < 1.29 is 59.7 Å². The second kappa shape index (κ2) is 14.8. The lowest BCUT2D eigenvalue weighted by molar-refractivity contribution is -0.193. The number of rotatable bonds is 7. The molecule has 0 fully saturated rings. The van der Waals surface area contributed by atoms with E-state index in [1.165, 1.54) is 0 Å². The molecule has 1 rings (SSSR count). The van der Waals surface area contributed by atoms with Crippen molar-refractivity contribution in [3.8, 4) is 5.75 Å². The number of hydrogen-bond donors (Lipinski definition) is 2. The van der Waals surface area contributed by atoms with Crippen LogP contribution in [0.2, 0.25) is 0 Å². The largest absolute Gasteiger partial charge is 0.490 e. The van der Waals surface area contributed by atoms with Gasteiger partial charge in [0.25, 0.3) is 0 Å². The Hall–Kier alpha value is -2.20. The zero-order valence-electron chi connectivity index (χ0n) is 17.3. The standard InChI is InChI=1S/C13H19BrF2N2O.2C2HF3O2/c1-17(2)6-7-18(3)9-10-8-11(14)4-5-12(10)19-13(15)16;2*3-2(4,5)1(6)7/h4-5,8,13H,6-7,9H2,1-3H3;2*(H,6,7). The van der Waals surface area contributed by atoms with Gasteiger partial charge in [0, 0.05) is 29.7 Å². The van der Waals surface area contributed by atoms with Crippen LogP contribution in [0.1, 0.15) is 5.56 Å². The molecule has 1 aromatic rings. The molecule has 16 heteroatoms. The summed E-state index contributed by atoms with van der Waals surface area (Å²) in [5.74, 6) is -5.28. The Morgan fingerprint density at radius 1 is 0.970 bits per heavy atom. The first-order chi connectivity index (χ1) is 14.8. The molecule has 2 N–H and O–H groups in total. The third kappa shape index (κ3) is 18.0. The van der Waals surface area contributed by atoms with Crippen molar-refractivity contribution >= 4 is 27.9 Å². The van der Waals surface area contributed by atoms with E-state index < -0.39 is 30.9 Å². The van der Waals surface area contributed by atoms with Gasteiger partial charge in [-0.15, -0.1) is 0 Å². The number of carboxylic acid groups (broad SMARTS) is 2. The molecule has 0 amide bonds. The van der Waals surface area contributed by atoms with Crippen LogP contribution in [0.5, 0.6) is 5.75 Å². The van der Waals surface area contributed by atoms with E-state index in [1.54, 1.807) is 12.1 Å². The highest BCUT2D eigenvalue weighted by Crippen LogP contribution is 2.25. The number of alkyl halides is 8. The number of aliphatic carboxylic acids is 2. The van der Waals surface area contributed by atoms with Crippen molar-refractivity contribution in [1.82, 2.24) is 9.80 Å². The summed E-state index contributed by atoms with van der Waals surface area (Å²) in [5.41, 5.74) is 0.746. The van der Waals surface area contributed by atoms with Gasteiger partial charge in [-0.2, -0.15) is 35.1 Å². The highest BCUT2D eigenvalue weighted by Gasteiger charge is 2.38. The van der Waals surface area contributed by atoms with Gasteiger partial charge >= 0.3 is 30.9 Å². The number of carboxylic acids is 2. The molecule has 0 unspecified atom stereocenters. The molecular weight excluding hydrogens is 544 g/mol. The predicted molar refractivity (Wildman–Crippen MR) is 103 cm³/mol. The average Bonchev–Trinajstić information content (AvgIpc) is 2.61. The van der Waals surface area contributed by atoms with E-state index in [2.05, 4.69) is 30.5 Å². The second-order valence-corrected chi connectivity index (χ2v) is 7.19. The summed E-state index contributed by atoms with van der Waals surface area (Å²) in [4.78, 5) is 21.9. The minimum atomic E-state index is -5.08. The van der Waals surface area contributed by atoms with Gasteiger partial charge in [-0.1, -0.05) is 15.9 Å². The van der Waals surface area contributed by atoms with E-state index in [4.69, 9.17) is 19.8 Å². The van der Waals surface area contributed by atoms with Crippen LogP contribution in [0, 0.1) is 0 Å². The van der Waals surface area contributed by atoms with Crippen molar-refractivity contribution in [3.63, 3.8) is 0 Å². The van der Waals surface area contributed by atoms with Gasteiger partial charge in [0.1, 0.15) is 5.75 Å². The molecule has 0 aliphatic rings.